The highest BCUT2D eigenvalue weighted by Gasteiger charge is 2.23. The number of benzene rings is 2. The minimum atomic E-state index is -0.116. The maximum atomic E-state index is 5.79. The van der Waals surface area contributed by atoms with Crippen molar-refractivity contribution < 1.29 is 23.7 Å². The number of unbranched alkanes of at least 4 members (excludes halogenated alkanes) is 1. The number of terminal acetylenes is 1. The number of ether oxygens (including phenoxy) is 5. The standard InChI is InChI=1S/C28H38O5/c1-5-7-17-32-26-12-8-24(9-13-26)28(3,4)25-10-14-27(15-11-25)33-23-22-31-21-20-30-19-18-29-16-6-2/h2,8-15H,5,7,16-23H2,1,3-4H3. The van der Waals surface area contributed by atoms with Gasteiger partial charge in [-0.25, -0.2) is 0 Å². The Morgan fingerprint density at radius 2 is 1.12 bits per heavy atom. The zero-order chi connectivity index (χ0) is 23.8. The van der Waals surface area contributed by atoms with Gasteiger partial charge >= 0.3 is 0 Å². The van der Waals surface area contributed by atoms with Crippen molar-refractivity contribution in [1.82, 2.24) is 0 Å². The first kappa shape index (κ1) is 26.7. The predicted molar refractivity (Wildman–Crippen MR) is 132 cm³/mol. The normalized spacial score (nSPS) is 11.2. The Balaban J connectivity index is 1.69. The molecule has 0 saturated heterocycles. The van der Waals surface area contributed by atoms with E-state index in [2.05, 4.69) is 63.1 Å². The molecule has 2 aromatic rings. The average Bonchev–Trinajstić information content (AvgIpc) is 2.83. The van der Waals surface area contributed by atoms with Crippen LogP contribution in [0.25, 0.3) is 0 Å². The van der Waals surface area contributed by atoms with E-state index in [0.29, 0.717) is 46.2 Å². The van der Waals surface area contributed by atoms with Crippen molar-refractivity contribution in [3.05, 3.63) is 59.7 Å². The van der Waals surface area contributed by atoms with Crippen molar-refractivity contribution >= 4 is 0 Å². The van der Waals surface area contributed by atoms with E-state index in [4.69, 9.17) is 30.1 Å². The van der Waals surface area contributed by atoms with Crippen LogP contribution in [0.5, 0.6) is 11.5 Å². The molecule has 5 nitrogen and oxygen atoms in total. The summed E-state index contributed by atoms with van der Waals surface area (Å²) < 4.78 is 27.6. The molecule has 0 heterocycles. The molecule has 0 bridgehead atoms. The summed E-state index contributed by atoms with van der Waals surface area (Å²) in [5, 5.41) is 0. The van der Waals surface area contributed by atoms with Gasteiger partial charge in [0.2, 0.25) is 0 Å². The zero-order valence-corrected chi connectivity index (χ0v) is 20.3. The van der Waals surface area contributed by atoms with Gasteiger partial charge in [-0.1, -0.05) is 57.4 Å². The molecule has 0 aliphatic rings. The van der Waals surface area contributed by atoms with Crippen LogP contribution in [-0.4, -0.2) is 52.9 Å². The van der Waals surface area contributed by atoms with Crippen LogP contribution in [0.2, 0.25) is 0 Å². The van der Waals surface area contributed by atoms with Crippen molar-refractivity contribution in [2.24, 2.45) is 0 Å². The molecule has 2 rings (SSSR count). The van der Waals surface area contributed by atoms with Gasteiger partial charge in [0.15, 0.2) is 0 Å². The molecule has 0 fully saturated rings. The lowest BCUT2D eigenvalue weighted by molar-refractivity contribution is 0.0142. The Bertz CT molecular complexity index is 806. The molecule has 0 aliphatic carbocycles. The van der Waals surface area contributed by atoms with Gasteiger partial charge in [-0.3, -0.25) is 0 Å². The van der Waals surface area contributed by atoms with Crippen LogP contribution < -0.4 is 9.47 Å². The lowest BCUT2D eigenvalue weighted by Crippen LogP contribution is -2.18. The maximum absolute atomic E-state index is 5.79. The molecule has 180 valence electrons. The van der Waals surface area contributed by atoms with Crippen molar-refractivity contribution in [3.63, 3.8) is 0 Å². The van der Waals surface area contributed by atoms with Crippen LogP contribution >= 0.6 is 0 Å². The van der Waals surface area contributed by atoms with Crippen molar-refractivity contribution in [2.45, 2.75) is 39.0 Å². The van der Waals surface area contributed by atoms with E-state index in [-0.39, 0.29) is 5.41 Å². The fourth-order valence-electron chi connectivity index (χ4n) is 3.23. The lowest BCUT2D eigenvalue weighted by atomic mass is 9.78. The summed E-state index contributed by atoms with van der Waals surface area (Å²) in [6, 6.07) is 16.7. The zero-order valence-electron chi connectivity index (χ0n) is 20.3. The van der Waals surface area contributed by atoms with E-state index in [1.165, 1.54) is 11.1 Å². The van der Waals surface area contributed by atoms with Crippen LogP contribution in [0.15, 0.2) is 48.5 Å². The lowest BCUT2D eigenvalue weighted by Gasteiger charge is -2.26. The molecule has 0 aromatic heterocycles. The van der Waals surface area contributed by atoms with Crippen LogP contribution in [0.4, 0.5) is 0 Å². The molecular formula is C28H38O5. The smallest absolute Gasteiger partial charge is 0.119 e. The van der Waals surface area contributed by atoms with Gasteiger partial charge in [0.25, 0.3) is 0 Å². The summed E-state index contributed by atoms with van der Waals surface area (Å²) >= 11 is 0. The molecule has 0 radical (unpaired) electrons. The Labute approximate surface area is 199 Å². The highest BCUT2D eigenvalue weighted by molar-refractivity contribution is 5.41. The Morgan fingerprint density at radius 3 is 1.61 bits per heavy atom. The number of hydrogen-bond donors (Lipinski definition) is 0. The molecule has 33 heavy (non-hydrogen) atoms. The fraction of sp³-hybridized carbons (Fsp3) is 0.500. The summed E-state index contributed by atoms with van der Waals surface area (Å²) in [4.78, 5) is 0. The Hall–Kier alpha value is -2.52. The molecule has 0 saturated carbocycles. The molecule has 0 amide bonds. The SMILES string of the molecule is C#CCOCCOCCOCCOc1ccc(C(C)(C)c2ccc(OCCCC)cc2)cc1. The van der Waals surface area contributed by atoms with E-state index in [0.717, 1.165) is 30.9 Å². The second-order valence-electron chi connectivity index (χ2n) is 8.21. The summed E-state index contributed by atoms with van der Waals surface area (Å²) in [7, 11) is 0. The third kappa shape index (κ3) is 9.88. The molecular weight excluding hydrogens is 416 g/mol. The van der Waals surface area contributed by atoms with E-state index in [9.17, 15) is 0 Å². The van der Waals surface area contributed by atoms with Gasteiger partial charge in [0, 0.05) is 5.41 Å². The highest BCUT2D eigenvalue weighted by Crippen LogP contribution is 2.33. The molecule has 0 aliphatic heterocycles. The minimum Gasteiger partial charge on any atom is -0.494 e. The second-order valence-corrected chi connectivity index (χ2v) is 8.21. The van der Waals surface area contributed by atoms with E-state index < -0.39 is 0 Å². The summed E-state index contributed by atoms with van der Waals surface area (Å²) in [5.74, 6) is 4.17. The van der Waals surface area contributed by atoms with E-state index in [1.54, 1.807) is 0 Å². The van der Waals surface area contributed by atoms with E-state index >= 15 is 0 Å². The van der Waals surface area contributed by atoms with Gasteiger partial charge in [0.05, 0.1) is 39.6 Å². The highest BCUT2D eigenvalue weighted by atomic mass is 16.6. The van der Waals surface area contributed by atoms with Gasteiger partial charge in [-0.15, -0.1) is 6.42 Å². The second kappa shape index (κ2) is 15.3. The first-order chi connectivity index (χ1) is 16.1. The topological polar surface area (TPSA) is 46.2 Å². The summed E-state index contributed by atoms with van der Waals surface area (Å²) in [6.07, 6.45) is 7.31. The Morgan fingerprint density at radius 1 is 0.667 bits per heavy atom. The molecule has 5 heteroatoms. The largest absolute Gasteiger partial charge is 0.494 e. The third-order valence-corrected chi connectivity index (χ3v) is 5.34. The van der Waals surface area contributed by atoms with Crippen LogP contribution in [0.1, 0.15) is 44.7 Å². The van der Waals surface area contributed by atoms with Gasteiger partial charge < -0.3 is 23.7 Å². The monoisotopic (exact) mass is 454 g/mol. The molecule has 0 atom stereocenters. The maximum Gasteiger partial charge on any atom is 0.119 e. The van der Waals surface area contributed by atoms with Crippen molar-refractivity contribution in [1.29, 1.82) is 0 Å². The summed E-state index contributed by atoms with van der Waals surface area (Å²) in [5.41, 5.74) is 2.36. The van der Waals surface area contributed by atoms with Gasteiger partial charge in [-0.2, -0.15) is 0 Å². The number of hydrogen-bond acceptors (Lipinski definition) is 5. The number of rotatable bonds is 17. The van der Waals surface area contributed by atoms with Gasteiger partial charge in [0.1, 0.15) is 24.7 Å². The first-order valence-electron chi connectivity index (χ1n) is 11.7. The summed E-state index contributed by atoms with van der Waals surface area (Å²) in [6.45, 7) is 10.8. The van der Waals surface area contributed by atoms with Crippen molar-refractivity contribution in [3.8, 4) is 23.8 Å². The van der Waals surface area contributed by atoms with Crippen LogP contribution in [-0.2, 0) is 19.6 Å². The minimum absolute atomic E-state index is 0.116. The third-order valence-electron chi connectivity index (χ3n) is 5.34. The molecule has 0 N–H and O–H groups in total. The first-order valence-corrected chi connectivity index (χ1v) is 11.7. The van der Waals surface area contributed by atoms with E-state index in [1.807, 2.05) is 12.1 Å². The van der Waals surface area contributed by atoms with Crippen molar-refractivity contribution in [2.75, 3.05) is 52.9 Å². The fourth-order valence-corrected chi connectivity index (χ4v) is 3.23. The molecule has 2 aromatic carbocycles. The van der Waals surface area contributed by atoms with Crippen LogP contribution in [0.3, 0.4) is 0 Å². The Kier molecular flexibility index (Phi) is 12.4. The molecule has 0 spiro atoms. The predicted octanol–water partition coefficient (Wildman–Crippen LogP) is 5.25. The van der Waals surface area contributed by atoms with Crippen LogP contribution in [0, 0.1) is 12.3 Å². The van der Waals surface area contributed by atoms with Gasteiger partial charge in [-0.05, 0) is 41.8 Å². The quantitative estimate of drug-likeness (QED) is 0.241. The average molecular weight is 455 g/mol. The molecule has 0 unspecified atom stereocenters.